The predicted molar refractivity (Wildman–Crippen MR) is 86.2 cm³/mol. The normalized spacial score (nSPS) is 20.7. The number of carbonyl (C=O) groups excluding carboxylic acids is 1. The molecule has 2 unspecified atom stereocenters. The number of nitrogens with zero attached hydrogens (tertiary/aromatic N) is 2. The molecule has 2 N–H and O–H groups in total. The number of aryl methyl sites for hydroxylation is 1. The van der Waals surface area contributed by atoms with E-state index in [1.54, 1.807) is 18.6 Å². The van der Waals surface area contributed by atoms with E-state index in [0.29, 0.717) is 30.5 Å². The Morgan fingerprint density at radius 3 is 3.13 bits per heavy atom. The first-order chi connectivity index (χ1) is 10.7. The first-order valence-electron chi connectivity index (χ1n) is 7.57. The van der Waals surface area contributed by atoms with E-state index in [1.165, 1.54) is 0 Å². The summed E-state index contributed by atoms with van der Waals surface area (Å²) >= 11 is 0. The topological polar surface area (TPSA) is 93.2 Å². The van der Waals surface area contributed by atoms with Crippen LogP contribution in [0.4, 0.5) is 0 Å². The first-order valence-corrected chi connectivity index (χ1v) is 7.57. The van der Waals surface area contributed by atoms with Gasteiger partial charge in [-0.15, -0.1) is 12.4 Å². The largest absolute Gasteiger partial charge is 0.472 e. The number of furan rings is 1. The van der Waals surface area contributed by atoms with Crippen LogP contribution in [0.5, 0.6) is 0 Å². The average molecular weight is 341 g/mol. The lowest BCUT2D eigenvalue weighted by Crippen LogP contribution is -2.50. The van der Waals surface area contributed by atoms with Gasteiger partial charge in [-0.1, -0.05) is 12.1 Å². The molecule has 3 heterocycles. The Hall–Kier alpha value is -1.86. The van der Waals surface area contributed by atoms with Crippen LogP contribution in [-0.4, -0.2) is 35.2 Å². The smallest absolute Gasteiger partial charge is 0.227 e. The minimum Gasteiger partial charge on any atom is -0.472 e. The van der Waals surface area contributed by atoms with Gasteiger partial charge in [-0.2, -0.15) is 4.98 Å². The van der Waals surface area contributed by atoms with E-state index < -0.39 is 0 Å². The van der Waals surface area contributed by atoms with Gasteiger partial charge in [0.2, 0.25) is 17.6 Å². The van der Waals surface area contributed by atoms with E-state index in [-0.39, 0.29) is 24.4 Å². The van der Waals surface area contributed by atoms with Gasteiger partial charge < -0.3 is 19.6 Å². The number of carbonyl (C=O) groups is 1. The summed E-state index contributed by atoms with van der Waals surface area (Å²) in [6.45, 7) is 4.02. The fraction of sp³-hybridized carbons (Fsp3) is 0.533. The molecular weight excluding hydrogens is 320 g/mol. The molecule has 126 valence electrons. The van der Waals surface area contributed by atoms with Gasteiger partial charge >= 0.3 is 0 Å². The van der Waals surface area contributed by atoms with Gasteiger partial charge in [0.05, 0.1) is 11.8 Å². The maximum atomic E-state index is 12.0. The minimum absolute atomic E-state index is 0. The number of hydrogen-bond acceptors (Lipinski definition) is 6. The van der Waals surface area contributed by atoms with Crippen LogP contribution in [0.2, 0.25) is 0 Å². The van der Waals surface area contributed by atoms with Crippen molar-refractivity contribution in [2.75, 3.05) is 13.1 Å². The molecule has 1 aliphatic heterocycles. The van der Waals surface area contributed by atoms with E-state index in [2.05, 4.69) is 27.7 Å². The van der Waals surface area contributed by atoms with Crippen molar-refractivity contribution in [2.45, 2.75) is 32.2 Å². The first kappa shape index (κ1) is 17.5. The highest BCUT2D eigenvalue weighted by Crippen LogP contribution is 2.16. The van der Waals surface area contributed by atoms with Gasteiger partial charge in [0, 0.05) is 25.4 Å². The monoisotopic (exact) mass is 340 g/mol. The van der Waals surface area contributed by atoms with Crippen LogP contribution in [-0.2, 0) is 11.2 Å². The van der Waals surface area contributed by atoms with Gasteiger partial charge in [-0.05, 0) is 24.9 Å². The van der Waals surface area contributed by atoms with Crippen LogP contribution < -0.4 is 10.6 Å². The van der Waals surface area contributed by atoms with Crippen LogP contribution >= 0.6 is 12.4 Å². The molecule has 2 aromatic rings. The quantitative estimate of drug-likeness (QED) is 0.862. The van der Waals surface area contributed by atoms with Crippen LogP contribution in [0.25, 0.3) is 11.4 Å². The summed E-state index contributed by atoms with van der Waals surface area (Å²) in [4.78, 5) is 16.3. The molecule has 1 fully saturated rings. The molecule has 0 aromatic carbocycles. The van der Waals surface area contributed by atoms with E-state index >= 15 is 0 Å². The Kier molecular flexibility index (Phi) is 6.18. The minimum atomic E-state index is 0. The second-order valence-corrected chi connectivity index (χ2v) is 5.67. The molecule has 0 bridgehead atoms. The summed E-state index contributed by atoms with van der Waals surface area (Å²) in [6.07, 6.45) is 4.97. The average Bonchev–Trinajstić information content (AvgIpc) is 3.18. The van der Waals surface area contributed by atoms with E-state index in [9.17, 15) is 4.79 Å². The Morgan fingerprint density at radius 2 is 2.39 bits per heavy atom. The fourth-order valence-corrected chi connectivity index (χ4v) is 2.55. The van der Waals surface area contributed by atoms with Crippen molar-refractivity contribution in [1.82, 2.24) is 20.8 Å². The predicted octanol–water partition coefficient (Wildman–Crippen LogP) is 1.80. The van der Waals surface area contributed by atoms with Gasteiger partial charge in [0.1, 0.15) is 6.26 Å². The summed E-state index contributed by atoms with van der Waals surface area (Å²) in [5.74, 6) is 1.46. The van der Waals surface area contributed by atoms with Gasteiger partial charge in [0.15, 0.2) is 0 Å². The molecule has 0 aliphatic carbocycles. The van der Waals surface area contributed by atoms with E-state index in [4.69, 9.17) is 8.94 Å². The van der Waals surface area contributed by atoms with Crippen LogP contribution in [0.15, 0.2) is 27.5 Å². The summed E-state index contributed by atoms with van der Waals surface area (Å²) in [5.41, 5.74) is 0.765. The van der Waals surface area contributed by atoms with Gasteiger partial charge in [-0.25, -0.2) is 0 Å². The molecule has 23 heavy (non-hydrogen) atoms. The van der Waals surface area contributed by atoms with Gasteiger partial charge in [0.25, 0.3) is 0 Å². The molecule has 0 spiro atoms. The molecule has 2 aromatic heterocycles. The molecule has 0 saturated carbocycles. The maximum absolute atomic E-state index is 12.0. The maximum Gasteiger partial charge on any atom is 0.227 e. The number of piperidine rings is 1. The molecular formula is C15H21ClN4O3. The summed E-state index contributed by atoms with van der Waals surface area (Å²) in [6, 6.07) is 1.96. The fourth-order valence-electron chi connectivity index (χ4n) is 2.55. The molecule has 2 atom stereocenters. The summed E-state index contributed by atoms with van der Waals surface area (Å²) in [5, 5.41) is 10.2. The number of nitrogens with one attached hydrogen (secondary N) is 2. The second-order valence-electron chi connectivity index (χ2n) is 5.67. The number of rotatable bonds is 5. The lowest BCUT2D eigenvalue weighted by Gasteiger charge is -2.30. The molecule has 1 aliphatic rings. The van der Waals surface area contributed by atoms with Crippen LogP contribution in [0.1, 0.15) is 25.7 Å². The van der Waals surface area contributed by atoms with Crippen molar-refractivity contribution >= 4 is 18.3 Å². The summed E-state index contributed by atoms with van der Waals surface area (Å²) in [7, 11) is 0. The van der Waals surface area contributed by atoms with E-state index in [0.717, 1.165) is 25.1 Å². The SMILES string of the molecule is CC1CCNCC1NC(=O)CCc1nc(-c2ccoc2)no1.Cl. The highest BCUT2D eigenvalue weighted by Gasteiger charge is 2.22. The Morgan fingerprint density at radius 1 is 1.52 bits per heavy atom. The van der Waals surface area contributed by atoms with Crippen molar-refractivity contribution in [3.05, 3.63) is 24.5 Å². The lowest BCUT2D eigenvalue weighted by molar-refractivity contribution is -0.122. The third-order valence-corrected chi connectivity index (χ3v) is 3.99. The number of halogens is 1. The van der Waals surface area contributed by atoms with E-state index in [1.807, 2.05) is 0 Å². The summed E-state index contributed by atoms with van der Waals surface area (Å²) < 4.78 is 10.1. The third kappa shape index (κ3) is 4.56. The van der Waals surface area contributed by atoms with Crippen molar-refractivity contribution in [2.24, 2.45) is 5.92 Å². The molecule has 0 radical (unpaired) electrons. The molecule has 7 nitrogen and oxygen atoms in total. The number of hydrogen-bond donors (Lipinski definition) is 2. The molecule has 8 heteroatoms. The zero-order valence-electron chi connectivity index (χ0n) is 12.9. The highest BCUT2D eigenvalue weighted by molar-refractivity contribution is 5.85. The lowest BCUT2D eigenvalue weighted by atomic mass is 9.95. The van der Waals surface area contributed by atoms with Crippen molar-refractivity contribution < 1.29 is 13.7 Å². The Labute approximate surface area is 140 Å². The highest BCUT2D eigenvalue weighted by atomic mass is 35.5. The molecule has 1 amide bonds. The van der Waals surface area contributed by atoms with Crippen LogP contribution in [0.3, 0.4) is 0 Å². The van der Waals surface area contributed by atoms with Crippen molar-refractivity contribution in [3.63, 3.8) is 0 Å². The Bertz CT molecular complexity index is 614. The number of amides is 1. The van der Waals surface area contributed by atoms with Gasteiger partial charge in [-0.3, -0.25) is 4.79 Å². The zero-order chi connectivity index (χ0) is 15.4. The molecule has 3 rings (SSSR count). The van der Waals surface area contributed by atoms with Crippen molar-refractivity contribution in [1.29, 1.82) is 0 Å². The van der Waals surface area contributed by atoms with Crippen molar-refractivity contribution in [3.8, 4) is 11.4 Å². The second kappa shape index (κ2) is 8.12. The van der Waals surface area contributed by atoms with Crippen LogP contribution in [0, 0.1) is 5.92 Å². The standard InChI is InChI=1S/C15H20N4O3.ClH/c1-10-4-6-16-8-12(10)17-13(20)2-3-14-18-15(19-22-14)11-5-7-21-9-11;/h5,7,9-10,12,16H,2-4,6,8H2,1H3,(H,17,20);1H. The number of aromatic nitrogens is 2. The zero-order valence-corrected chi connectivity index (χ0v) is 13.8. The Balaban J connectivity index is 0.00000192. The molecule has 1 saturated heterocycles. The third-order valence-electron chi connectivity index (χ3n) is 3.99.